The van der Waals surface area contributed by atoms with E-state index < -0.39 is 0 Å². The fourth-order valence-corrected chi connectivity index (χ4v) is 9.04. The highest BCUT2D eigenvalue weighted by atomic mass is 32.1. The lowest BCUT2D eigenvalue weighted by molar-refractivity contribution is 0.670. The van der Waals surface area contributed by atoms with Gasteiger partial charge >= 0.3 is 0 Å². The summed E-state index contributed by atoms with van der Waals surface area (Å²) in [5.74, 6) is 0.673. The summed E-state index contributed by atoms with van der Waals surface area (Å²) in [5.41, 5.74) is 13.0. The molecule has 0 atom stereocenters. The Morgan fingerprint density at radius 2 is 1.02 bits per heavy atom. The minimum absolute atomic E-state index is 0.673. The molecule has 0 N–H and O–H groups in total. The van der Waals surface area contributed by atoms with Crippen molar-refractivity contribution < 1.29 is 4.42 Å². The van der Waals surface area contributed by atoms with E-state index in [-0.39, 0.29) is 0 Å². The van der Waals surface area contributed by atoms with E-state index in [0.717, 1.165) is 78.0 Å². The number of fused-ring (bicyclic) bond motifs is 6. The second-order valence-electron chi connectivity index (χ2n) is 13.9. The van der Waals surface area contributed by atoms with Crippen LogP contribution in [0.5, 0.6) is 0 Å². The molecule has 4 nitrogen and oxygen atoms in total. The van der Waals surface area contributed by atoms with Crippen LogP contribution >= 0.6 is 11.3 Å². The molecule has 11 aromatic rings. The van der Waals surface area contributed by atoms with E-state index in [1.807, 2.05) is 60.0 Å². The molecule has 262 valence electrons. The molecule has 56 heavy (non-hydrogen) atoms. The molecular weight excluding hydrogens is 703 g/mol. The van der Waals surface area contributed by atoms with Gasteiger partial charge in [0, 0.05) is 65.0 Å². The van der Waals surface area contributed by atoms with Gasteiger partial charge in [-0.05, 0) is 59.2 Å². The minimum atomic E-state index is 0.673. The maximum absolute atomic E-state index is 6.75. The predicted octanol–water partition coefficient (Wildman–Crippen LogP) is 14.1. The van der Waals surface area contributed by atoms with Crippen LogP contribution in [0.3, 0.4) is 0 Å². The van der Waals surface area contributed by atoms with Crippen molar-refractivity contribution in [1.29, 1.82) is 0 Å². The molecule has 0 spiro atoms. The van der Waals surface area contributed by atoms with E-state index in [2.05, 4.69) is 145 Å². The maximum Gasteiger partial charge on any atom is 0.160 e. The third kappa shape index (κ3) is 5.48. The Hall–Kier alpha value is -7.21. The average molecular weight is 734 g/mol. The zero-order chi connectivity index (χ0) is 37.0. The van der Waals surface area contributed by atoms with Crippen molar-refractivity contribution in [3.63, 3.8) is 0 Å². The highest BCUT2D eigenvalue weighted by Gasteiger charge is 2.20. The zero-order valence-corrected chi connectivity index (χ0v) is 30.9. The fraction of sp³-hybridized carbons (Fsp3) is 0. The van der Waals surface area contributed by atoms with Crippen molar-refractivity contribution in [2.75, 3.05) is 0 Å². The van der Waals surface area contributed by atoms with E-state index >= 15 is 0 Å². The number of aromatic nitrogens is 3. The first-order valence-electron chi connectivity index (χ1n) is 18.7. The van der Waals surface area contributed by atoms with Crippen molar-refractivity contribution in [2.24, 2.45) is 0 Å². The zero-order valence-electron chi connectivity index (χ0n) is 30.1. The van der Waals surface area contributed by atoms with Crippen molar-refractivity contribution in [1.82, 2.24) is 15.0 Å². The lowest BCUT2D eigenvalue weighted by atomic mass is 9.92. The van der Waals surface area contributed by atoms with E-state index in [0.29, 0.717) is 5.82 Å². The molecule has 0 aliphatic carbocycles. The molecule has 0 fully saturated rings. The number of nitrogens with zero attached hydrogens (tertiary/aromatic N) is 3. The first-order valence-corrected chi connectivity index (χ1v) is 19.5. The second-order valence-corrected chi connectivity index (χ2v) is 15.0. The first kappa shape index (κ1) is 32.2. The number of pyridine rings is 1. The summed E-state index contributed by atoms with van der Waals surface area (Å²) >= 11 is 1.84. The molecule has 0 aliphatic rings. The van der Waals surface area contributed by atoms with Gasteiger partial charge in [-0.2, -0.15) is 0 Å². The van der Waals surface area contributed by atoms with Gasteiger partial charge in [0.05, 0.1) is 17.1 Å². The summed E-state index contributed by atoms with van der Waals surface area (Å²) < 4.78 is 9.32. The molecule has 0 amide bonds. The fourth-order valence-electron chi connectivity index (χ4n) is 7.91. The quantitative estimate of drug-likeness (QED) is 0.171. The van der Waals surface area contributed by atoms with Crippen LogP contribution in [0.25, 0.3) is 110 Å². The number of thiophene rings is 1. The number of benzene rings is 7. The molecular formula is C51H31N3OS. The van der Waals surface area contributed by atoms with E-state index in [4.69, 9.17) is 14.4 Å². The molecule has 11 rings (SSSR count). The number of hydrogen-bond donors (Lipinski definition) is 0. The molecule has 0 saturated carbocycles. The topological polar surface area (TPSA) is 51.8 Å². The van der Waals surface area contributed by atoms with Gasteiger partial charge < -0.3 is 4.42 Å². The van der Waals surface area contributed by atoms with Crippen LogP contribution in [0.1, 0.15) is 0 Å². The van der Waals surface area contributed by atoms with Gasteiger partial charge in [-0.1, -0.05) is 140 Å². The van der Waals surface area contributed by atoms with Crippen LogP contribution in [-0.2, 0) is 0 Å². The van der Waals surface area contributed by atoms with Gasteiger partial charge in [-0.25, -0.2) is 9.97 Å². The summed E-state index contributed by atoms with van der Waals surface area (Å²) in [6.07, 6.45) is 1.82. The summed E-state index contributed by atoms with van der Waals surface area (Å²) in [7, 11) is 0. The Labute approximate surface area is 327 Å². The molecule has 5 heteroatoms. The van der Waals surface area contributed by atoms with Gasteiger partial charge in [-0.15, -0.1) is 11.3 Å². The van der Waals surface area contributed by atoms with Gasteiger partial charge in [-0.3, -0.25) is 4.98 Å². The molecule has 0 bridgehead atoms. The van der Waals surface area contributed by atoms with Crippen molar-refractivity contribution in [3.8, 4) is 67.4 Å². The molecule has 7 aromatic carbocycles. The summed E-state index contributed by atoms with van der Waals surface area (Å²) in [5, 5.41) is 4.76. The van der Waals surface area contributed by atoms with Gasteiger partial charge in [0.15, 0.2) is 5.82 Å². The summed E-state index contributed by atoms with van der Waals surface area (Å²) in [4.78, 5) is 14.8. The van der Waals surface area contributed by atoms with Gasteiger partial charge in [0.1, 0.15) is 11.2 Å². The Morgan fingerprint density at radius 3 is 1.80 bits per heavy atom. The number of hydrogen-bond acceptors (Lipinski definition) is 5. The number of rotatable bonds is 6. The maximum atomic E-state index is 6.75. The first-order chi connectivity index (χ1) is 27.7. The van der Waals surface area contributed by atoms with E-state index in [9.17, 15) is 0 Å². The van der Waals surface area contributed by atoms with Crippen LogP contribution in [0.2, 0.25) is 0 Å². The predicted molar refractivity (Wildman–Crippen MR) is 233 cm³/mol. The third-order valence-electron chi connectivity index (χ3n) is 10.6. The standard InChI is InChI=1S/C51H31N3OS/c1-2-11-33(12-3-1)43-31-44(35-24-22-34(23-25-35)42-16-8-9-30-52-42)54-51(53-43)36-26-20-32(21-27-36)37-28-29-39(50-49(37)40-13-4-6-17-45(40)55-50)38-15-10-19-47-48(38)41-14-5-7-18-46(41)56-47/h1-31H. The SMILES string of the molecule is c1ccc(-c2cc(-c3ccc(-c4ccccn4)cc3)nc(-c3ccc(-c4ccc(-c5cccc6sc7ccccc7c56)c5oc6ccccc6c45)cc3)n2)cc1. The molecule has 4 heterocycles. The summed E-state index contributed by atoms with van der Waals surface area (Å²) in [6.45, 7) is 0. The molecule has 0 unspecified atom stereocenters. The molecule has 0 aliphatic heterocycles. The number of para-hydroxylation sites is 1. The van der Waals surface area contributed by atoms with E-state index in [1.54, 1.807) is 0 Å². The minimum Gasteiger partial charge on any atom is -0.455 e. The Kier molecular flexibility index (Phi) is 7.64. The highest BCUT2D eigenvalue weighted by molar-refractivity contribution is 7.25. The van der Waals surface area contributed by atoms with E-state index in [1.165, 1.54) is 25.7 Å². The van der Waals surface area contributed by atoms with Crippen LogP contribution in [-0.4, -0.2) is 15.0 Å². The Balaban J connectivity index is 1.03. The molecule has 0 radical (unpaired) electrons. The van der Waals surface area contributed by atoms with Crippen LogP contribution in [0.15, 0.2) is 193 Å². The largest absolute Gasteiger partial charge is 0.455 e. The van der Waals surface area contributed by atoms with Crippen LogP contribution in [0, 0.1) is 0 Å². The van der Waals surface area contributed by atoms with Crippen LogP contribution < -0.4 is 0 Å². The van der Waals surface area contributed by atoms with Crippen molar-refractivity contribution in [3.05, 3.63) is 188 Å². The normalized spacial score (nSPS) is 11.6. The smallest absolute Gasteiger partial charge is 0.160 e. The second kappa shape index (κ2) is 13.3. The lowest BCUT2D eigenvalue weighted by Crippen LogP contribution is -1.96. The average Bonchev–Trinajstić information content (AvgIpc) is 3.86. The van der Waals surface area contributed by atoms with Crippen molar-refractivity contribution in [2.45, 2.75) is 0 Å². The molecule has 4 aromatic heterocycles. The Bertz CT molecular complexity index is 3220. The lowest BCUT2D eigenvalue weighted by Gasteiger charge is -2.12. The Morgan fingerprint density at radius 1 is 0.393 bits per heavy atom. The van der Waals surface area contributed by atoms with Crippen molar-refractivity contribution >= 4 is 53.4 Å². The molecule has 0 saturated heterocycles. The van der Waals surface area contributed by atoms with Crippen LogP contribution in [0.4, 0.5) is 0 Å². The number of furan rings is 1. The summed E-state index contributed by atoms with van der Waals surface area (Å²) in [6, 6.07) is 63.5. The monoisotopic (exact) mass is 733 g/mol. The third-order valence-corrected chi connectivity index (χ3v) is 11.7. The highest BCUT2D eigenvalue weighted by Crippen LogP contribution is 2.46. The van der Waals surface area contributed by atoms with Gasteiger partial charge in [0.25, 0.3) is 0 Å². The van der Waals surface area contributed by atoms with Gasteiger partial charge in [0.2, 0.25) is 0 Å².